The molecule has 1 aliphatic heterocycles. The molecule has 0 bridgehead atoms. The van der Waals surface area contributed by atoms with Crippen molar-refractivity contribution >= 4 is 28.7 Å². The second-order valence-electron chi connectivity index (χ2n) is 5.80. The van der Waals surface area contributed by atoms with Crippen LogP contribution in [0.25, 0.3) is 5.65 Å². The fourth-order valence-corrected chi connectivity index (χ4v) is 3.98. The number of anilines is 1. The molecule has 118 valence electrons. The lowest BCUT2D eigenvalue weighted by molar-refractivity contribution is 0.0712. The van der Waals surface area contributed by atoms with Crippen LogP contribution in [0.3, 0.4) is 0 Å². The number of nitrogen functional groups attached to an aromatic ring is 1. The molecule has 6 nitrogen and oxygen atoms in total. The Balaban J connectivity index is 1.48. The van der Waals surface area contributed by atoms with E-state index >= 15 is 0 Å². The first kappa shape index (κ1) is 14.2. The maximum absolute atomic E-state index is 12.7. The van der Waals surface area contributed by atoms with Gasteiger partial charge in [-0.25, -0.2) is 9.50 Å². The fourth-order valence-electron chi connectivity index (χ4n) is 3.08. The number of aromatic nitrogens is 3. The van der Waals surface area contributed by atoms with Gasteiger partial charge in [-0.3, -0.25) is 4.79 Å². The van der Waals surface area contributed by atoms with Crippen LogP contribution in [0.1, 0.15) is 34.0 Å². The molecule has 1 amide bonds. The van der Waals surface area contributed by atoms with Crippen molar-refractivity contribution in [2.24, 2.45) is 0 Å². The first-order valence-corrected chi connectivity index (χ1v) is 8.52. The SMILES string of the molecule is Nc1cc2ncc(C(=O)N3CCC(c4cccs4)CC3)cn2n1. The highest BCUT2D eigenvalue weighted by molar-refractivity contribution is 7.10. The Morgan fingerprint density at radius 3 is 2.91 bits per heavy atom. The van der Waals surface area contributed by atoms with Crippen molar-refractivity contribution in [2.45, 2.75) is 18.8 Å². The fraction of sp³-hybridized carbons (Fsp3) is 0.312. The van der Waals surface area contributed by atoms with E-state index < -0.39 is 0 Å². The largest absolute Gasteiger partial charge is 0.382 e. The van der Waals surface area contributed by atoms with Crippen LogP contribution in [0.5, 0.6) is 0 Å². The molecule has 7 heteroatoms. The lowest BCUT2D eigenvalue weighted by Gasteiger charge is -2.31. The molecule has 4 rings (SSSR count). The van der Waals surface area contributed by atoms with E-state index in [2.05, 4.69) is 27.6 Å². The summed E-state index contributed by atoms with van der Waals surface area (Å²) in [5.41, 5.74) is 6.85. The van der Waals surface area contributed by atoms with Crippen molar-refractivity contribution < 1.29 is 4.79 Å². The molecule has 23 heavy (non-hydrogen) atoms. The minimum Gasteiger partial charge on any atom is -0.382 e. The van der Waals surface area contributed by atoms with Gasteiger partial charge in [0, 0.05) is 36.4 Å². The standard InChI is InChI=1S/C16H17N5OS/c17-14-8-15-18-9-12(10-21(15)19-14)16(22)20-5-3-11(4-6-20)13-2-1-7-23-13/h1-2,7-11H,3-6H2,(H2,17,19). The average molecular weight is 327 g/mol. The number of nitrogens with two attached hydrogens (primary N) is 1. The van der Waals surface area contributed by atoms with Gasteiger partial charge in [-0.1, -0.05) is 6.07 Å². The van der Waals surface area contributed by atoms with Crippen LogP contribution in [0.15, 0.2) is 36.0 Å². The summed E-state index contributed by atoms with van der Waals surface area (Å²) in [5.74, 6) is 0.988. The second-order valence-corrected chi connectivity index (χ2v) is 6.78. The lowest BCUT2D eigenvalue weighted by atomic mass is 9.95. The predicted molar refractivity (Wildman–Crippen MR) is 89.6 cm³/mol. The predicted octanol–water partition coefficient (Wildman–Crippen LogP) is 2.39. The third-order valence-electron chi connectivity index (χ3n) is 4.31. The number of hydrogen-bond donors (Lipinski definition) is 1. The van der Waals surface area contributed by atoms with Crippen LogP contribution < -0.4 is 5.73 Å². The van der Waals surface area contributed by atoms with Gasteiger partial charge >= 0.3 is 0 Å². The van der Waals surface area contributed by atoms with Crippen molar-refractivity contribution in [3.8, 4) is 0 Å². The van der Waals surface area contributed by atoms with E-state index in [9.17, 15) is 4.79 Å². The van der Waals surface area contributed by atoms with Crippen molar-refractivity contribution in [1.29, 1.82) is 0 Å². The third kappa shape index (κ3) is 2.68. The molecule has 0 spiro atoms. The van der Waals surface area contributed by atoms with Crippen LogP contribution in [0, 0.1) is 0 Å². The minimum absolute atomic E-state index is 0.0121. The van der Waals surface area contributed by atoms with Gasteiger partial charge in [0.2, 0.25) is 0 Å². The Kier molecular flexibility index (Phi) is 3.49. The molecule has 0 saturated carbocycles. The summed E-state index contributed by atoms with van der Waals surface area (Å²) in [6.45, 7) is 1.56. The van der Waals surface area contributed by atoms with Crippen LogP contribution in [-0.4, -0.2) is 38.5 Å². The molecule has 0 aliphatic carbocycles. The van der Waals surface area contributed by atoms with Gasteiger partial charge in [0.15, 0.2) is 5.65 Å². The van der Waals surface area contributed by atoms with Gasteiger partial charge in [-0.15, -0.1) is 16.4 Å². The van der Waals surface area contributed by atoms with Gasteiger partial charge < -0.3 is 10.6 Å². The van der Waals surface area contributed by atoms with Crippen molar-refractivity contribution in [1.82, 2.24) is 19.5 Å². The zero-order valence-electron chi connectivity index (χ0n) is 12.6. The summed E-state index contributed by atoms with van der Waals surface area (Å²) in [6.07, 6.45) is 5.32. The zero-order valence-corrected chi connectivity index (χ0v) is 13.4. The van der Waals surface area contributed by atoms with Crippen LogP contribution in [0.4, 0.5) is 5.82 Å². The highest BCUT2D eigenvalue weighted by atomic mass is 32.1. The van der Waals surface area contributed by atoms with Gasteiger partial charge in [-0.05, 0) is 30.2 Å². The normalized spacial score (nSPS) is 16.1. The molecule has 4 heterocycles. The molecule has 1 fully saturated rings. The summed E-state index contributed by atoms with van der Waals surface area (Å²) in [7, 11) is 0. The summed E-state index contributed by atoms with van der Waals surface area (Å²) in [6, 6.07) is 5.96. The second kappa shape index (κ2) is 5.66. The molecule has 3 aromatic rings. The van der Waals surface area contributed by atoms with Crippen LogP contribution >= 0.6 is 11.3 Å². The monoisotopic (exact) mass is 327 g/mol. The van der Waals surface area contributed by atoms with Gasteiger partial charge in [0.05, 0.1) is 5.56 Å². The van der Waals surface area contributed by atoms with E-state index in [4.69, 9.17) is 5.73 Å². The summed E-state index contributed by atoms with van der Waals surface area (Å²) in [4.78, 5) is 20.2. The summed E-state index contributed by atoms with van der Waals surface area (Å²) >= 11 is 1.80. The molecule has 1 saturated heterocycles. The summed E-state index contributed by atoms with van der Waals surface area (Å²) in [5, 5.41) is 6.22. The summed E-state index contributed by atoms with van der Waals surface area (Å²) < 4.78 is 1.56. The number of rotatable bonds is 2. The highest BCUT2D eigenvalue weighted by Crippen LogP contribution is 2.31. The van der Waals surface area contributed by atoms with Gasteiger partial charge in [-0.2, -0.15) is 0 Å². The van der Waals surface area contributed by atoms with Crippen molar-refractivity contribution in [3.63, 3.8) is 0 Å². The van der Waals surface area contributed by atoms with E-state index in [0.717, 1.165) is 25.9 Å². The first-order chi connectivity index (χ1) is 11.2. The molecule has 0 atom stereocenters. The molecular weight excluding hydrogens is 310 g/mol. The average Bonchev–Trinajstić information content (AvgIpc) is 3.22. The Hall–Kier alpha value is -2.41. The zero-order chi connectivity index (χ0) is 15.8. The number of fused-ring (bicyclic) bond motifs is 1. The molecule has 3 aromatic heterocycles. The van der Waals surface area contributed by atoms with E-state index in [1.54, 1.807) is 34.3 Å². The topological polar surface area (TPSA) is 76.5 Å². The Morgan fingerprint density at radius 2 is 2.17 bits per heavy atom. The van der Waals surface area contributed by atoms with E-state index in [1.807, 2.05) is 4.90 Å². The molecule has 0 radical (unpaired) electrons. The number of carbonyl (C=O) groups excluding carboxylic acids is 1. The van der Waals surface area contributed by atoms with E-state index in [1.165, 1.54) is 4.88 Å². The molecular formula is C16H17N5OS. The van der Waals surface area contributed by atoms with E-state index in [0.29, 0.717) is 22.9 Å². The van der Waals surface area contributed by atoms with Crippen LogP contribution in [0.2, 0.25) is 0 Å². The number of piperidine rings is 1. The quantitative estimate of drug-likeness (QED) is 0.784. The molecule has 0 unspecified atom stereocenters. The number of nitrogens with zero attached hydrogens (tertiary/aromatic N) is 4. The van der Waals surface area contributed by atoms with Crippen molar-refractivity contribution in [3.05, 3.63) is 46.4 Å². The maximum Gasteiger partial charge on any atom is 0.256 e. The maximum atomic E-state index is 12.7. The Labute approximate surface area is 137 Å². The number of amides is 1. The minimum atomic E-state index is 0.0121. The van der Waals surface area contributed by atoms with Crippen molar-refractivity contribution in [2.75, 3.05) is 18.8 Å². The lowest BCUT2D eigenvalue weighted by Crippen LogP contribution is -2.38. The van der Waals surface area contributed by atoms with Gasteiger partial charge in [0.1, 0.15) is 5.82 Å². The number of hydrogen-bond acceptors (Lipinski definition) is 5. The molecule has 2 N–H and O–H groups in total. The Bertz CT molecular complexity index is 833. The van der Waals surface area contributed by atoms with Gasteiger partial charge in [0.25, 0.3) is 5.91 Å². The molecule has 1 aliphatic rings. The Morgan fingerprint density at radius 1 is 1.35 bits per heavy atom. The smallest absolute Gasteiger partial charge is 0.256 e. The number of likely N-dealkylation sites (tertiary alicyclic amines) is 1. The number of thiophene rings is 1. The third-order valence-corrected chi connectivity index (χ3v) is 5.34. The molecule has 0 aromatic carbocycles. The number of carbonyl (C=O) groups is 1. The van der Waals surface area contributed by atoms with Crippen LogP contribution in [-0.2, 0) is 0 Å². The highest BCUT2D eigenvalue weighted by Gasteiger charge is 2.25. The first-order valence-electron chi connectivity index (χ1n) is 7.64. The van der Waals surface area contributed by atoms with E-state index in [-0.39, 0.29) is 5.91 Å².